The molecule has 0 saturated heterocycles. The first-order valence-electron chi connectivity index (χ1n) is 9.33. The topological polar surface area (TPSA) is 67.8 Å². The van der Waals surface area contributed by atoms with E-state index in [9.17, 15) is 0 Å². The van der Waals surface area contributed by atoms with E-state index in [0.717, 1.165) is 50.7 Å². The van der Waals surface area contributed by atoms with Gasteiger partial charge in [0.1, 0.15) is 0 Å². The van der Waals surface area contributed by atoms with E-state index in [-0.39, 0.29) is 24.0 Å². The molecule has 0 aromatic carbocycles. The molecular weight excluding hydrogens is 443 g/mol. The Balaban J connectivity index is 0.00000625. The molecule has 0 amide bonds. The molecule has 0 unspecified atom stereocenters. The maximum absolute atomic E-state index is 5.58. The van der Waals surface area contributed by atoms with Gasteiger partial charge < -0.3 is 20.1 Å². The molecule has 0 aliphatic rings. The minimum absolute atomic E-state index is 0. The molecule has 0 bridgehead atoms. The van der Waals surface area contributed by atoms with Gasteiger partial charge in [-0.3, -0.25) is 0 Å². The summed E-state index contributed by atoms with van der Waals surface area (Å²) in [5.74, 6) is 2.07. The van der Waals surface area contributed by atoms with Gasteiger partial charge in [-0.1, -0.05) is 26.8 Å². The quantitative estimate of drug-likeness (QED) is 0.208. The number of aliphatic imine (C=N–C) groups is 1. The van der Waals surface area contributed by atoms with E-state index >= 15 is 0 Å². The van der Waals surface area contributed by atoms with Crippen molar-refractivity contribution in [2.24, 2.45) is 10.9 Å². The van der Waals surface area contributed by atoms with Crippen molar-refractivity contribution in [1.82, 2.24) is 15.6 Å². The third kappa shape index (κ3) is 12.3. The van der Waals surface area contributed by atoms with E-state index in [0.29, 0.717) is 24.9 Å². The van der Waals surface area contributed by atoms with Gasteiger partial charge in [-0.15, -0.1) is 24.0 Å². The molecule has 0 spiro atoms. The number of rotatable bonds is 12. The first-order valence-corrected chi connectivity index (χ1v) is 9.33. The maximum Gasteiger partial charge on any atom is 0.213 e. The van der Waals surface area contributed by atoms with Crippen LogP contribution in [0.25, 0.3) is 0 Å². The van der Waals surface area contributed by atoms with Crippen molar-refractivity contribution in [3.8, 4) is 5.88 Å². The number of aromatic nitrogens is 1. The molecule has 0 aliphatic carbocycles. The van der Waals surface area contributed by atoms with Crippen LogP contribution in [0.3, 0.4) is 0 Å². The van der Waals surface area contributed by atoms with Gasteiger partial charge in [0.2, 0.25) is 5.88 Å². The summed E-state index contributed by atoms with van der Waals surface area (Å²) in [6.07, 6.45) is 3.76. The van der Waals surface area contributed by atoms with Crippen LogP contribution in [-0.2, 0) is 11.3 Å². The highest BCUT2D eigenvalue weighted by molar-refractivity contribution is 14.0. The Morgan fingerprint density at radius 1 is 1.19 bits per heavy atom. The smallest absolute Gasteiger partial charge is 0.213 e. The predicted octanol–water partition coefficient (Wildman–Crippen LogP) is 3.61. The lowest BCUT2D eigenvalue weighted by atomic mass is 10.2. The van der Waals surface area contributed by atoms with Gasteiger partial charge in [-0.25, -0.2) is 9.98 Å². The van der Waals surface area contributed by atoms with Crippen molar-refractivity contribution in [3.05, 3.63) is 23.9 Å². The second-order valence-electron chi connectivity index (χ2n) is 6.30. The molecule has 0 fully saturated rings. The number of pyridine rings is 1. The highest BCUT2D eigenvalue weighted by Crippen LogP contribution is 2.08. The summed E-state index contributed by atoms with van der Waals surface area (Å²) in [4.78, 5) is 8.90. The molecule has 150 valence electrons. The molecule has 0 radical (unpaired) electrons. The Bertz CT molecular complexity index is 481. The SMILES string of the molecule is CCCOc1ccc(CN=C(NCC)NCCCOCC(C)C)cn1.I. The van der Waals surface area contributed by atoms with Crippen LogP contribution in [-0.4, -0.2) is 43.9 Å². The largest absolute Gasteiger partial charge is 0.478 e. The zero-order valence-electron chi connectivity index (χ0n) is 16.6. The fraction of sp³-hybridized carbons (Fsp3) is 0.684. The minimum atomic E-state index is 0. The van der Waals surface area contributed by atoms with Crippen LogP contribution in [0.15, 0.2) is 23.3 Å². The lowest BCUT2D eigenvalue weighted by Gasteiger charge is -2.12. The first-order chi connectivity index (χ1) is 12.2. The summed E-state index contributed by atoms with van der Waals surface area (Å²) in [6, 6.07) is 3.90. The number of nitrogens with one attached hydrogen (secondary N) is 2. The van der Waals surface area contributed by atoms with Crippen molar-refractivity contribution >= 4 is 29.9 Å². The second-order valence-corrected chi connectivity index (χ2v) is 6.30. The van der Waals surface area contributed by atoms with E-state index in [2.05, 4.69) is 48.3 Å². The Morgan fingerprint density at radius 3 is 2.62 bits per heavy atom. The summed E-state index contributed by atoms with van der Waals surface area (Å²) in [5, 5.41) is 6.59. The lowest BCUT2D eigenvalue weighted by molar-refractivity contribution is 0.108. The van der Waals surface area contributed by atoms with Crippen molar-refractivity contribution in [3.63, 3.8) is 0 Å². The number of halogens is 1. The van der Waals surface area contributed by atoms with Gasteiger partial charge in [0.05, 0.1) is 13.2 Å². The molecule has 26 heavy (non-hydrogen) atoms. The van der Waals surface area contributed by atoms with Gasteiger partial charge >= 0.3 is 0 Å². The molecule has 0 saturated carbocycles. The van der Waals surface area contributed by atoms with Gasteiger partial charge in [0, 0.05) is 38.6 Å². The highest BCUT2D eigenvalue weighted by Gasteiger charge is 2.00. The molecule has 7 heteroatoms. The van der Waals surface area contributed by atoms with Crippen LogP contribution < -0.4 is 15.4 Å². The monoisotopic (exact) mass is 478 g/mol. The van der Waals surface area contributed by atoms with Crippen LogP contribution in [0.2, 0.25) is 0 Å². The molecule has 1 heterocycles. The van der Waals surface area contributed by atoms with Crippen LogP contribution >= 0.6 is 24.0 Å². The number of ether oxygens (including phenoxy) is 2. The third-order valence-corrected chi connectivity index (χ3v) is 3.22. The first kappa shape index (κ1) is 24.9. The number of hydrogen-bond acceptors (Lipinski definition) is 4. The van der Waals surface area contributed by atoms with Crippen LogP contribution in [0, 0.1) is 5.92 Å². The average Bonchev–Trinajstić information content (AvgIpc) is 2.61. The summed E-state index contributed by atoms with van der Waals surface area (Å²) >= 11 is 0. The Kier molecular flexibility index (Phi) is 15.4. The van der Waals surface area contributed by atoms with Gasteiger partial charge in [0.15, 0.2) is 5.96 Å². The minimum Gasteiger partial charge on any atom is -0.478 e. The second kappa shape index (κ2) is 16.1. The molecule has 1 aromatic rings. The fourth-order valence-corrected chi connectivity index (χ4v) is 2.01. The molecule has 1 aromatic heterocycles. The number of nitrogens with zero attached hydrogens (tertiary/aromatic N) is 2. The van der Waals surface area contributed by atoms with E-state index in [1.165, 1.54) is 0 Å². The number of guanidine groups is 1. The predicted molar refractivity (Wildman–Crippen MR) is 119 cm³/mol. The van der Waals surface area contributed by atoms with E-state index < -0.39 is 0 Å². The van der Waals surface area contributed by atoms with Gasteiger partial charge in [-0.05, 0) is 31.2 Å². The Morgan fingerprint density at radius 2 is 2.00 bits per heavy atom. The average molecular weight is 478 g/mol. The van der Waals surface area contributed by atoms with Crippen molar-refractivity contribution in [2.45, 2.75) is 47.1 Å². The van der Waals surface area contributed by atoms with Gasteiger partial charge in [-0.2, -0.15) is 0 Å². The van der Waals surface area contributed by atoms with E-state index in [4.69, 9.17) is 9.47 Å². The normalized spacial score (nSPS) is 11.2. The van der Waals surface area contributed by atoms with Crippen LogP contribution in [0.4, 0.5) is 0 Å². The Labute approximate surface area is 175 Å². The molecule has 0 aliphatic heterocycles. The van der Waals surface area contributed by atoms with Crippen molar-refractivity contribution in [1.29, 1.82) is 0 Å². The molecule has 1 rings (SSSR count). The summed E-state index contributed by atoms with van der Waals surface area (Å²) in [5.41, 5.74) is 1.06. The zero-order chi connectivity index (χ0) is 18.3. The highest BCUT2D eigenvalue weighted by atomic mass is 127. The summed E-state index contributed by atoms with van der Waals surface area (Å²) in [7, 11) is 0. The van der Waals surface area contributed by atoms with Crippen molar-refractivity contribution in [2.75, 3.05) is 32.9 Å². The van der Waals surface area contributed by atoms with Crippen molar-refractivity contribution < 1.29 is 9.47 Å². The van der Waals surface area contributed by atoms with E-state index in [1.54, 1.807) is 0 Å². The van der Waals surface area contributed by atoms with E-state index in [1.807, 2.05) is 18.3 Å². The molecule has 0 atom stereocenters. The zero-order valence-corrected chi connectivity index (χ0v) is 18.9. The lowest BCUT2D eigenvalue weighted by Crippen LogP contribution is -2.38. The number of hydrogen-bond donors (Lipinski definition) is 2. The molecular formula is C19H35IN4O2. The fourth-order valence-electron chi connectivity index (χ4n) is 2.01. The van der Waals surface area contributed by atoms with Crippen LogP contribution in [0.1, 0.15) is 46.1 Å². The van der Waals surface area contributed by atoms with Gasteiger partial charge in [0.25, 0.3) is 0 Å². The maximum atomic E-state index is 5.58. The molecule has 6 nitrogen and oxygen atoms in total. The third-order valence-electron chi connectivity index (χ3n) is 3.22. The Hall–Kier alpha value is -1.09. The summed E-state index contributed by atoms with van der Waals surface area (Å²) in [6.45, 7) is 13.0. The summed E-state index contributed by atoms with van der Waals surface area (Å²) < 4.78 is 11.1. The standard InChI is InChI=1S/C19H34N4O2.HI/c1-5-11-25-18-9-8-17(13-22-18)14-23-19(20-6-2)21-10-7-12-24-15-16(3)4;/h8-9,13,16H,5-7,10-12,14-15H2,1-4H3,(H2,20,21,23);1H. The van der Waals surface area contributed by atoms with Crippen LogP contribution in [0.5, 0.6) is 5.88 Å². The molecule has 2 N–H and O–H groups in total.